The Labute approximate surface area is 229 Å². The Morgan fingerprint density at radius 1 is 1.05 bits per heavy atom. The van der Waals surface area contributed by atoms with E-state index in [0.29, 0.717) is 28.3 Å². The van der Waals surface area contributed by atoms with Gasteiger partial charge in [-0.25, -0.2) is 9.97 Å². The summed E-state index contributed by atoms with van der Waals surface area (Å²) in [5.41, 5.74) is 3.70. The van der Waals surface area contributed by atoms with Gasteiger partial charge in [0.25, 0.3) is 5.91 Å². The van der Waals surface area contributed by atoms with Gasteiger partial charge in [0, 0.05) is 73.1 Å². The zero-order chi connectivity index (χ0) is 26.5. The van der Waals surface area contributed by atoms with E-state index < -0.39 is 0 Å². The average molecular weight is 551 g/mol. The van der Waals surface area contributed by atoms with Crippen molar-refractivity contribution < 1.29 is 14.3 Å². The summed E-state index contributed by atoms with van der Waals surface area (Å²) in [5, 5.41) is 5.75. The smallest absolute Gasteiger partial charge is 0.302 e. The van der Waals surface area contributed by atoms with Crippen LogP contribution in [0.1, 0.15) is 17.4 Å². The lowest BCUT2D eigenvalue weighted by molar-refractivity contribution is -0.141. The number of carbonyl (C=O) groups is 2. The molecule has 38 heavy (non-hydrogen) atoms. The first-order valence-corrected chi connectivity index (χ1v) is 13.5. The van der Waals surface area contributed by atoms with Crippen LogP contribution in [0, 0.1) is 0 Å². The number of rotatable bonds is 8. The summed E-state index contributed by atoms with van der Waals surface area (Å²) >= 11 is 7.43. The van der Waals surface area contributed by atoms with Gasteiger partial charge >= 0.3 is 5.97 Å². The number of carbonyl (C=O) groups excluding carboxylic acids is 2. The summed E-state index contributed by atoms with van der Waals surface area (Å²) in [4.78, 5) is 40.9. The van der Waals surface area contributed by atoms with Gasteiger partial charge in [0.15, 0.2) is 10.8 Å². The highest BCUT2D eigenvalue weighted by Gasteiger charge is 2.21. The maximum atomic E-state index is 13.1. The molecule has 196 valence electrons. The zero-order valence-corrected chi connectivity index (χ0v) is 22.4. The molecule has 0 atom stereocenters. The number of aromatic nitrogens is 3. The van der Waals surface area contributed by atoms with Crippen LogP contribution in [-0.2, 0) is 9.53 Å². The predicted molar refractivity (Wildman–Crippen MR) is 150 cm³/mol. The maximum absolute atomic E-state index is 13.1. The normalized spacial score (nSPS) is 13.9. The van der Waals surface area contributed by atoms with Crippen LogP contribution in [-0.4, -0.2) is 71.1 Å². The Kier molecular flexibility index (Phi) is 8.02. The summed E-state index contributed by atoms with van der Waals surface area (Å²) in [6.45, 7) is 6.20. The van der Waals surface area contributed by atoms with Gasteiger partial charge in [-0.05, 0) is 36.4 Å². The summed E-state index contributed by atoms with van der Waals surface area (Å²) < 4.78 is 5.06. The monoisotopic (exact) mass is 550 g/mol. The van der Waals surface area contributed by atoms with E-state index in [0.717, 1.165) is 49.5 Å². The highest BCUT2D eigenvalue weighted by atomic mass is 35.5. The van der Waals surface area contributed by atoms with Gasteiger partial charge in [-0.15, -0.1) is 11.3 Å². The lowest BCUT2D eigenvalue weighted by Crippen LogP contribution is -2.47. The van der Waals surface area contributed by atoms with Gasteiger partial charge in [0.05, 0.1) is 5.69 Å². The summed E-state index contributed by atoms with van der Waals surface area (Å²) in [6.07, 6.45) is 1.64. The Balaban J connectivity index is 1.32. The van der Waals surface area contributed by atoms with E-state index in [4.69, 9.17) is 16.3 Å². The molecule has 0 bridgehead atoms. The second kappa shape index (κ2) is 11.8. The SMILES string of the molecule is CC(=O)OCCN1CCN(c2ccc(-c3nc(C(=O)Nc4nccs4)c(-c4ccc(Cl)cc4)[nH]3)cc2)CC1. The molecule has 11 heteroatoms. The van der Waals surface area contributed by atoms with Crippen molar-refractivity contribution in [3.63, 3.8) is 0 Å². The summed E-state index contributed by atoms with van der Waals surface area (Å²) in [6, 6.07) is 15.4. The fourth-order valence-corrected chi connectivity index (χ4v) is 4.97. The number of anilines is 2. The number of nitrogens with one attached hydrogen (secondary N) is 2. The number of piperazine rings is 1. The molecule has 1 aliphatic heterocycles. The number of ether oxygens (including phenoxy) is 1. The van der Waals surface area contributed by atoms with Crippen molar-refractivity contribution in [2.75, 3.05) is 49.5 Å². The third-order valence-electron chi connectivity index (χ3n) is 6.30. The average Bonchev–Trinajstić information content (AvgIpc) is 3.60. The maximum Gasteiger partial charge on any atom is 0.302 e. The molecular weight excluding hydrogens is 524 g/mol. The van der Waals surface area contributed by atoms with E-state index in [2.05, 4.69) is 42.2 Å². The molecule has 1 saturated heterocycles. The van der Waals surface area contributed by atoms with E-state index in [1.807, 2.05) is 24.3 Å². The fraction of sp³-hybridized carbons (Fsp3) is 0.259. The first-order valence-electron chi connectivity index (χ1n) is 12.2. The molecule has 1 aliphatic rings. The molecular formula is C27H27ClN6O3S. The lowest BCUT2D eigenvalue weighted by atomic mass is 10.1. The highest BCUT2D eigenvalue weighted by Crippen LogP contribution is 2.29. The molecule has 1 amide bonds. The minimum Gasteiger partial charge on any atom is -0.465 e. The summed E-state index contributed by atoms with van der Waals surface area (Å²) in [7, 11) is 0. The Morgan fingerprint density at radius 3 is 2.42 bits per heavy atom. The van der Waals surface area contributed by atoms with Gasteiger partial charge in [-0.3, -0.25) is 19.8 Å². The van der Waals surface area contributed by atoms with Crippen LogP contribution in [0.2, 0.25) is 5.02 Å². The number of nitrogens with zero attached hydrogens (tertiary/aromatic N) is 4. The van der Waals surface area contributed by atoms with Crippen molar-refractivity contribution in [3.05, 3.63) is 70.8 Å². The summed E-state index contributed by atoms with van der Waals surface area (Å²) in [5.74, 6) is 0.0181. The number of imidazole rings is 1. The molecule has 0 aliphatic carbocycles. The van der Waals surface area contributed by atoms with Crippen molar-refractivity contribution in [1.29, 1.82) is 0 Å². The van der Waals surface area contributed by atoms with E-state index >= 15 is 0 Å². The molecule has 2 N–H and O–H groups in total. The van der Waals surface area contributed by atoms with E-state index in [-0.39, 0.29) is 17.6 Å². The number of aromatic amines is 1. The minimum absolute atomic E-state index is 0.243. The van der Waals surface area contributed by atoms with Crippen molar-refractivity contribution in [1.82, 2.24) is 19.9 Å². The Morgan fingerprint density at radius 2 is 1.76 bits per heavy atom. The first-order chi connectivity index (χ1) is 18.5. The molecule has 4 aromatic rings. The molecule has 2 aromatic carbocycles. The third kappa shape index (κ3) is 6.21. The van der Waals surface area contributed by atoms with Crippen LogP contribution < -0.4 is 10.2 Å². The minimum atomic E-state index is -0.337. The van der Waals surface area contributed by atoms with Crippen molar-refractivity contribution in [2.45, 2.75) is 6.92 Å². The highest BCUT2D eigenvalue weighted by molar-refractivity contribution is 7.13. The molecule has 2 aromatic heterocycles. The van der Waals surface area contributed by atoms with Crippen molar-refractivity contribution in [3.8, 4) is 22.6 Å². The van der Waals surface area contributed by atoms with Crippen LogP contribution >= 0.6 is 22.9 Å². The van der Waals surface area contributed by atoms with Gasteiger partial charge in [0.2, 0.25) is 0 Å². The van der Waals surface area contributed by atoms with Crippen LogP contribution in [0.25, 0.3) is 22.6 Å². The van der Waals surface area contributed by atoms with Gasteiger partial charge < -0.3 is 14.6 Å². The van der Waals surface area contributed by atoms with Crippen LogP contribution in [0.15, 0.2) is 60.1 Å². The zero-order valence-electron chi connectivity index (χ0n) is 20.8. The number of thiazole rings is 1. The molecule has 0 saturated carbocycles. The second-order valence-electron chi connectivity index (χ2n) is 8.82. The van der Waals surface area contributed by atoms with E-state index in [1.54, 1.807) is 23.7 Å². The number of amides is 1. The van der Waals surface area contributed by atoms with Crippen molar-refractivity contribution >= 4 is 45.6 Å². The molecule has 0 unspecified atom stereocenters. The van der Waals surface area contributed by atoms with E-state index in [9.17, 15) is 9.59 Å². The second-order valence-corrected chi connectivity index (χ2v) is 10.2. The Hall–Kier alpha value is -3.73. The van der Waals surface area contributed by atoms with Crippen LogP contribution in [0.4, 0.5) is 10.8 Å². The first kappa shape index (κ1) is 25.9. The molecule has 0 spiro atoms. The quantitative estimate of drug-likeness (QED) is 0.304. The predicted octanol–water partition coefficient (Wildman–Crippen LogP) is 4.79. The number of esters is 1. The standard InChI is InChI=1S/C27H27ClN6O3S/c1-18(35)37-16-15-33-11-13-34(14-12-33)22-8-4-20(5-9-22)25-30-23(19-2-6-21(28)7-3-19)24(31-25)26(36)32-27-29-10-17-38-27/h2-10,17H,11-16H2,1H3,(H,30,31)(H,29,32,36). The number of benzene rings is 2. The van der Waals surface area contributed by atoms with E-state index in [1.165, 1.54) is 18.3 Å². The van der Waals surface area contributed by atoms with Gasteiger partial charge in [-0.2, -0.15) is 0 Å². The lowest BCUT2D eigenvalue weighted by Gasteiger charge is -2.36. The molecule has 1 fully saturated rings. The van der Waals surface area contributed by atoms with Crippen LogP contribution in [0.5, 0.6) is 0 Å². The molecule has 3 heterocycles. The van der Waals surface area contributed by atoms with Gasteiger partial charge in [-0.1, -0.05) is 23.7 Å². The number of halogens is 1. The third-order valence-corrected chi connectivity index (χ3v) is 7.24. The van der Waals surface area contributed by atoms with Crippen molar-refractivity contribution in [2.24, 2.45) is 0 Å². The Bertz CT molecular complexity index is 1380. The molecule has 5 rings (SSSR count). The number of hydrogen-bond acceptors (Lipinski definition) is 8. The molecule has 9 nitrogen and oxygen atoms in total. The topological polar surface area (TPSA) is 103 Å². The largest absolute Gasteiger partial charge is 0.465 e. The number of H-pyrrole nitrogens is 1. The molecule has 0 radical (unpaired) electrons. The number of hydrogen-bond donors (Lipinski definition) is 2. The van der Waals surface area contributed by atoms with Crippen LogP contribution in [0.3, 0.4) is 0 Å². The van der Waals surface area contributed by atoms with Gasteiger partial charge in [0.1, 0.15) is 12.4 Å². The fourth-order valence-electron chi connectivity index (χ4n) is 4.32.